The minimum atomic E-state index is -1.07. The Balaban J connectivity index is 2.47. The van der Waals surface area contributed by atoms with Gasteiger partial charge in [0, 0.05) is 6.07 Å². The van der Waals surface area contributed by atoms with Gasteiger partial charge in [0.1, 0.15) is 5.75 Å². The monoisotopic (exact) mass is 206 g/mol. The van der Waals surface area contributed by atoms with Gasteiger partial charge in [-0.2, -0.15) is 0 Å². The summed E-state index contributed by atoms with van der Waals surface area (Å²) >= 11 is 0. The van der Waals surface area contributed by atoms with Crippen molar-refractivity contribution in [2.45, 2.75) is 6.92 Å². The highest BCUT2D eigenvalue weighted by Crippen LogP contribution is 2.18. The Labute approximate surface area is 85.7 Å². The summed E-state index contributed by atoms with van der Waals surface area (Å²) in [7, 11) is 0. The highest BCUT2D eigenvalue weighted by Gasteiger charge is 2.09. The maximum atomic E-state index is 10.7. The van der Waals surface area contributed by atoms with Crippen molar-refractivity contribution in [1.82, 2.24) is 9.97 Å². The number of hydrogen-bond donors (Lipinski definition) is 2. The van der Waals surface area contributed by atoms with Crippen molar-refractivity contribution in [3.63, 3.8) is 0 Å². The number of carboxylic acids is 1. The third-order valence-corrected chi connectivity index (χ3v) is 1.97. The van der Waals surface area contributed by atoms with Crippen molar-refractivity contribution in [2.24, 2.45) is 0 Å². The molecule has 0 radical (unpaired) electrons. The van der Waals surface area contributed by atoms with Crippen LogP contribution >= 0.6 is 0 Å². The van der Waals surface area contributed by atoms with Gasteiger partial charge in [0.15, 0.2) is 0 Å². The zero-order valence-corrected chi connectivity index (χ0v) is 8.15. The predicted molar refractivity (Wildman–Crippen MR) is 54.2 cm³/mol. The molecule has 2 aromatic rings. The molecule has 78 valence electrons. The molecule has 5 heteroatoms. The second-order valence-electron chi connectivity index (χ2n) is 3.00. The normalized spacial score (nSPS) is 10.5. The molecule has 2 rings (SSSR count). The molecule has 1 aromatic heterocycles. The van der Waals surface area contributed by atoms with E-state index in [0.29, 0.717) is 23.4 Å². The fraction of sp³-hybridized carbons (Fsp3) is 0.200. The number of carbonyl (C=O) groups is 1. The average Bonchev–Trinajstić information content (AvgIpc) is 2.61. The summed E-state index contributed by atoms with van der Waals surface area (Å²) < 4.78 is 5.29. The number of H-pyrrole nitrogens is 1. The van der Waals surface area contributed by atoms with Gasteiger partial charge in [0.25, 0.3) is 0 Å². The Hall–Kier alpha value is -2.04. The molecule has 1 aromatic carbocycles. The van der Waals surface area contributed by atoms with E-state index in [1.165, 1.54) is 0 Å². The molecular formula is C10H10N2O3. The molecule has 0 saturated heterocycles. The summed E-state index contributed by atoms with van der Waals surface area (Å²) in [4.78, 5) is 17.3. The van der Waals surface area contributed by atoms with E-state index in [2.05, 4.69) is 9.97 Å². The summed E-state index contributed by atoms with van der Waals surface area (Å²) in [5.41, 5.74) is 1.29. The van der Waals surface area contributed by atoms with E-state index in [0.717, 1.165) is 0 Å². The maximum absolute atomic E-state index is 10.7. The van der Waals surface area contributed by atoms with Crippen LogP contribution in [0, 0.1) is 0 Å². The zero-order valence-electron chi connectivity index (χ0n) is 8.15. The minimum Gasteiger partial charge on any atom is -0.494 e. The van der Waals surface area contributed by atoms with Crippen molar-refractivity contribution in [2.75, 3.05) is 6.61 Å². The van der Waals surface area contributed by atoms with Crippen LogP contribution in [-0.4, -0.2) is 27.7 Å². The number of ether oxygens (including phenoxy) is 1. The summed E-state index contributed by atoms with van der Waals surface area (Å²) in [5.74, 6) is -0.423. The first-order chi connectivity index (χ1) is 7.20. The highest BCUT2D eigenvalue weighted by molar-refractivity contribution is 5.89. The number of nitrogens with one attached hydrogen (secondary N) is 1. The number of aromatic amines is 1. The number of benzene rings is 1. The fourth-order valence-electron chi connectivity index (χ4n) is 1.35. The lowest BCUT2D eigenvalue weighted by Crippen LogP contribution is -1.97. The van der Waals surface area contributed by atoms with E-state index < -0.39 is 5.97 Å². The second-order valence-corrected chi connectivity index (χ2v) is 3.00. The molecule has 0 aliphatic carbocycles. The number of rotatable bonds is 3. The number of fused-ring (bicyclic) bond motifs is 1. The van der Waals surface area contributed by atoms with Crippen LogP contribution in [-0.2, 0) is 0 Å². The van der Waals surface area contributed by atoms with Crippen LogP contribution in [0.25, 0.3) is 11.0 Å². The topological polar surface area (TPSA) is 75.2 Å². The van der Waals surface area contributed by atoms with Crippen LogP contribution in [0.15, 0.2) is 18.2 Å². The Bertz CT molecular complexity index is 504. The molecule has 0 aliphatic rings. The predicted octanol–water partition coefficient (Wildman–Crippen LogP) is 1.66. The third-order valence-electron chi connectivity index (χ3n) is 1.97. The number of aromatic nitrogens is 2. The number of carboxylic acid groups (broad SMARTS) is 1. The van der Waals surface area contributed by atoms with Gasteiger partial charge >= 0.3 is 5.97 Å². The number of aromatic carboxylic acids is 1. The molecule has 1 heterocycles. The Morgan fingerprint density at radius 1 is 1.60 bits per heavy atom. The van der Waals surface area contributed by atoms with Gasteiger partial charge < -0.3 is 14.8 Å². The SMILES string of the molecule is CCOc1ccc2nc(C(=O)O)[nH]c2c1. The second kappa shape index (κ2) is 3.61. The standard InChI is InChI=1S/C10H10N2O3/c1-2-15-6-3-4-7-8(5-6)12-9(11-7)10(13)14/h3-5H,2H2,1H3,(H,11,12)(H,13,14). The molecule has 0 atom stereocenters. The molecule has 0 fully saturated rings. The molecule has 0 unspecified atom stereocenters. The van der Waals surface area contributed by atoms with Gasteiger partial charge in [-0.15, -0.1) is 0 Å². The van der Waals surface area contributed by atoms with E-state index in [9.17, 15) is 4.79 Å². The Kier molecular flexibility index (Phi) is 2.29. The zero-order chi connectivity index (χ0) is 10.8. The van der Waals surface area contributed by atoms with Crippen LogP contribution in [0.5, 0.6) is 5.75 Å². The van der Waals surface area contributed by atoms with Crippen molar-refractivity contribution in [3.8, 4) is 5.75 Å². The molecule has 0 saturated carbocycles. The van der Waals surface area contributed by atoms with Gasteiger partial charge in [-0.1, -0.05) is 0 Å². The smallest absolute Gasteiger partial charge is 0.371 e. The lowest BCUT2D eigenvalue weighted by Gasteiger charge is -2.00. The number of imidazole rings is 1. The fourth-order valence-corrected chi connectivity index (χ4v) is 1.35. The maximum Gasteiger partial charge on any atom is 0.371 e. The quantitative estimate of drug-likeness (QED) is 0.800. The van der Waals surface area contributed by atoms with Crippen LogP contribution < -0.4 is 4.74 Å². The molecule has 0 bridgehead atoms. The van der Waals surface area contributed by atoms with Crippen LogP contribution in [0.2, 0.25) is 0 Å². The molecular weight excluding hydrogens is 196 g/mol. The Morgan fingerprint density at radius 3 is 3.07 bits per heavy atom. The van der Waals surface area contributed by atoms with Crippen molar-refractivity contribution < 1.29 is 14.6 Å². The van der Waals surface area contributed by atoms with Crippen molar-refractivity contribution >= 4 is 17.0 Å². The van der Waals surface area contributed by atoms with Gasteiger partial charge in [0.05, 0.1) is 17.6 Å². The first kappa shape index (κ1) is 9.51. The summed E-state index contributed by atoms with van der Waals surface area (Å²) in [6, 6.07) is 5.22. The van der Waals surface area contributed by atoms with E-state index in [-0.39, 0.29) is 5.82 Å². The number of hydrogen-bond acceptors (Lipinski definition) is 3. The first-order valence-corrected chi connectivity index (χ1v) is 4.56. The molecule has 0 spiro atoms. The van der Waals surface area contributed by atoms with Gasteiger partial charge in [-0.3, -0.25) is 0 Å². The average molecular weight is 206 g/mol. The van der Waals surface area contributed by atoms with Crippen LogP contribution in [0.3, 0.4) is 0 Å². The summed E-state index contributed by atoms with van der Waals surface area (Å²) in [6.07, 6.45) is 0. The summed E-state index contributed by atoms with van der Waals surface area (Å²) in [5, 5.41) is 8.73. The van der Waals surface area contributed by atoms with Crippen LogP contribution in [0.1, 0.15) is 17.5 Å². The lowest BCUT2D eigenvalue weighted by molar-refractivity contribution is 0.0685. The molecule has 0 amide bonds. The van der Waals surface area contributed by atoms with E-state index in [1.54, 1.807) is 18.2 Å². The van der Waals surface area contributed by atoms with E-state index in [4.69, 9.17) is 9.84 Å². The highest BCUT2D eigenvalue weighted by atomic mass is 16.5. The van der Waals surface area contributed by atoms with E-state index >= 15 is 0 Å². The van der Waals surface area contributed by atoms with Gasteiger partial charge in [0.2, 0.25) is 5.82 Å². The third kappa shape index (κ3) is 1.76. The van der Waals surface area contributed by atoms with Gasteiger partial charge in [-0.25, -0.2) is 9.78 Å². The lowest BCUT2D eigenvalue weighted by atomic mass is 10.3. The van der Waals surface area contributed by atoms with Crippen LogP contribution in [0.4, 0.5) is 0 Å². The number of nitrogens with zero attached hydrogens (tertiary/aromatic N) is 1. The summed E-state index contributed by atoms with van der Waals surface area (Å²) in [6.45, 7) is 2.46. The first-order valence-electron chi connectivity index (χ1n) is 4.56. The molecule has 5 nitrogen and oxygen atoms in total. The van der Waals surface area contributed by atoms with E-state index in [1.807, 2.05) is 6.92 Å². The van der Waals surface area contributed by atoms with Crippen molar-refractivity contribution in [1.29, 1.82) is 0 Å². The molecule has 0 aliphatic heterocycles. The Morgan fingerprint density at radius 2 is 2.40 bits per heavy atom. The largest absolute Gasteiger partial charge is 0.494 e. The molecule has 2 N–H and O–H groups in total. The van der Waals surface area contributed by atoms with Gasteiger partial charge in [-0.05, 0) is 19.1 Å². The molecule has 15 heavy (non-hydrogen) atoms. The van der Waals surface area contributed by atoms with Crippen molar-refractivity contribution in [3.05, 3.63) is 24.0 Å². The minimum absolute atomic E-state index is 0.0568.